The number of hydrazine groups is 1. The summed E-state index contributed by atoms with van der Waals surface area (Å²) in [6, 6.07) is 0. The molecule has 5 heteroatoms. The molecule has 0 atom stereocenters. The molecule has 0 amide bonds. The number of hydrogen-bond acceptors (Lipinski definition) is 2. The summed E-state index contributed by atoms with van der Waals surface area (Å²) in [7, 11) is 0. The van der Waals surface area contributed by atoms with Gasteiger partial charge in [0.05, 0.1) is 0 Å². The predicted octanol–water partition coefficient (Wildman–Crippen LogP) is -9.83. The van der Waals surface area contributed by atoms with Crippen LogP contribution in [0.25, 0.3) is 0 Å². The van der Waals surface area contributed by atoms with Crippen molar-refractivity contribution in [3.8, 4) is 0 Å². The molecule has 0 aliphatic rings. The van der Waals surface area contributed by atoms with Crippen LogP contribution in [0.2, 0.25) is 0 Å². The van der Waals surface area contributed by atoms with Crippen LogP contribution in [0.1, 0.15) is 4.28 Å². The first kappa shape index (κ1) is 29.8. The zero-order valence-corrected chi connectivity index (χ0v) is 4.15. The normalized spacial score (nSPS) is 1.20. The van der Waals surface area contributed by atoms with Crippen LogP contribution in [0.5, 0.6) is 0 Å². The van der Waals surface area contributed by atoms with Crippen molar-refractivity contribution >= 4 is 0 Å². The Morgan fingerprint density at radius 1 is 0.800 bits per heavy atom. The molecule has 0 radical (unpaired) electrons. The van der Waals surface area contributed by atoms with Gasteiger partial charge in [-0.3, -0.25) is 11.7 Å². The Kier molecular flexibility index (Phi) is 258. The predicted molar refractivity (Wildman–Crippen MR) is 11.7 cm³/mol. The molecule has 0 saturated heterocycles. The van der Waals surface area contributed by atoms with Crippen molar-refractivity contribution in [1.29, 1.82) is 0 Å². The van der Waals surface area contributed by atoms with Crippen LogP contribution in [-0.4, -0.2) is 0 Å². The number of hydrogen-bond donors (Lipinski definition) is 2. The van der Waals surface area contributed by atoms with E-state index in [0.29, 0.717) is 0 Å². The fraction of sp³-hybridized carbons (Fsp3) is 0. The van der Waals surface area contributed by atoms with Crippen LogP contribution < -0.4 is 68.3 Å². The van der Waals surface area contributed by atoms with E-state index < -0.39 is 0 Å². The molecule has 0 aliphatic heterocycles. The van der Waals surface area contributed by atoms with Gasteiger partial charge in [0.1, 0.15) is 0 Å². The third kappa shape index (κ3) is 26.9. The van der Waals surface area contributed by atoms with Gasteiger partial charge in [0.2, 0.25) is 0 Å². The Bertz CT molecular complexity index is 12.5. The van der Waals surface area contributed by atoms with E-state index in [1.807, 2.05) is 0 Å². The molecule has 0 heterocycles. The average Bonchev–Trinajstić information content (AvgIpc) is 1.00. The van der Waals surface area contributed by atoms with Gasteiger partial charge < -0.3 is 4.28 Å². The summed E-state index contributed by atoms with van der Waals surface area (Å²) in [4.78, 5) is 0. The second-order valence-electron chi connectivity index (χ2n) is 0. The van der Waals surface area contributed by atoms with Crippen LogP contribution in [0.3, 0.4) is 0 Å². The monoisotopic (exact) mass is 56.1 g/mol. The fourth-order valence-corrected chi connectivity index (χ4v) is 0. The maximum absolute atomic E-state index is 4.00. The largest absolute Gasteiger partial charge is 1.00 e. The Labute approximate surface area is 72.4 Å². The number of nitrogens with two attached hydrogens (primary N) is 2. The minimum Gasteiger partial charge on any atom is -1.00 e. The molecule has 0 bridgehead atoms. The minimum atomic E-state index is 0. The summed E-state index contributed by atoms with van der Waals surface area (Å²) in [6.07, 6.45) is 0. The quantitative estimate of drug-likeness (QED) is 0.164. The van der Waals surface area contributed by atoms with Gasteiger partial charge in [-0.2, -0.15) is 0 Å². The van der Waals surface area contributed by atoms with E-state index in [1.165, 1.54) is 0 Å². The van der Waals surface area contributed by atoms with Gasteiger partial charge in [-0.05, 0) is 0 Å². The van der Waals surface area contributed by atoms with Crippen LogP contribution in [-0.2, 0) is 0 Å². The van der Waals surface area contributed by atoms with Crippen LogP contribution in [0.15, 0.2) is 0 Å². The standard InChI is InChI=1S/3Li.H4N2.3H/c;;;1-2;;;/h;;;1-2H2;;;/q3*+1;;3*-1. The average molecular weight is 55.9 g/mol. The van der Waals surface area contributed by atoms with Gasteiger partial charge in [0, 0.05) is 0 Å². The van der Waals surface area contributed by atoms with Crippen molar-refractivity contribution in [2.75, 3.05) is 0 Å². The molecule has 0 aromatic heterocycles. The van der Waals surface area contributed by atoms with Crippen molar-refractivity contribution < 1.29 is 60.9 Å². The van der Waals surface area contributed by atoms with Crippen molar-refractivity contribution in [2.24, 2.45) is 11.7 Å². The summed E-state index contributed by atoms with van der Waals surface area (Å²) in [6.45, 7) is 0. The molecule has 0 fully saturated rings. The van der Waals surface area contributed by atoms with E-state index in [9.17, 15) is 0 Å². The van der Waals surface area contributed by atoms with Gasteiger partial charge in [-0.25, -0.2) is 0 Å². The second kappa shape index (κ2) is 43.3. The van der Waals surface area contributed by atoms with E-state index in [0.717, 1.165) is 0 Å². The van der Waals surface area contributed by atoms with Crippen LogP contribution in [0.4, 0.5) is 0 Å². The van der Waals surface area contributed by atoms with Crippen molar-refractivity contribution in [1.82, 2.24) is 0 Å². The van der Waals surface area contributed by atoms with Crippen LogP contribution >= 0.6 is 0 Å². The van der Waals surface area contributed by atoms with Gasteiger partial charge in [0.25, 0.3) is 0 Å². The molecule has 20 valence electrons. The van der Waals surface area contributed by atoms with Gasteiger partial charge in [-0.1, -0.05) is 0 Å². The molecule has 2 nitrogen and oxygen atoms in total. The Morgan fingerprint density at radius 3 is 0.800 bits per heavy atom. The van der Waals surface area contributed by atoms with Crippen molar-refractivity contribution in [3.63, 3.8) is 0 Å². The van der Waals surface area contributed by atoms with Gasteiger partial charge in [0.15, 0.2) is 0 Å². The zero-order chi connectivity index (χ0) is 2.00. The molecule has 0 rings (SSSR count). The fourth-order valence-electron chi connectivity index (χ4n) is 0. The van der Waals surface area contributed by atoms with E-state index >= 15 is 0 Å². The molecule has 0 aromatic rings. The third-order valence-corrected chi connectivity index (χ3v) is 0. The smallest absolute Gasteiger partial charge is 1.00 e. The molecule has 0 saturated carbocycles. The van der Waals surface area contributed by atoms with Gasteiger partial charge >= 0.3 is 56.6 Å². The second-order valence-corrected chi connectivity index (χ2v) is 0. The first-order valence-corrected chi connectivity index (χ1v) is 0.333. The van der Waals surface area contributed by atoms with Crippen molar-refractivity contribution in [2.45, 2.75) is 0 Å². The molecule has 4 N–H and O–H groups in total. The Balaban J connectivity index is -0.000000000333. The van der Waals surface area contributed by atoms with E-state index in [-0.39, 0.29) is 60.9 Å². The van der Waals surface area contributed by atoms with Crippen molar-refractivity contribution in [3.05, 3.63) is 0 Å². The third-order valence-electron chi connectivity index (χ3n) is 0. The summed E-state index contributed by atoms with van der Waals surface area (Å²) >= 11 is 0. The van der Waals surface area contributed by atoms with E-state index in [4.69, 9.17) is 0 Å². The first-order valence-electron chi connectivity index (χ1n) is 0.333. The first-order chi connectivity index (χ1) is 1.00. The molecular formula is H7Li3N2. The summed E-state index contributed by atoms with van der Waals surface area (Å²) in [5.74, 6) is 8.00. The minimum absolute atomic E-state index is 0. The zero-order valence-electron chi connectivity index (χ0n) is 7.15. The molecule has 0 aromatic carbocycles. The summed E-state index contributed by atoms with van der Waals surface area (Å²) in [5.41, 5.74) is 0. The SMILES string of the molecule is NN.[H-].[H-].[H-].[Li+].[Li+].[Li+]. The molecular weight excluding hydrogens is 48.8 g/mol. The van der Waals surface area contributed by atoms with E-state index in [2.05, 4.69) is 11.7 Å². The maximum atomic E-state index is 4.00. The van der Waals surface area contributed by atoms with Crippen LogP contribution in [0, 0.1) is 0 Å². The molecule has 0 unspecified atom stereocenters. The summed E-state index contributed by atoms with van der Waals surface area (Å²) in [5, 5.41) is 0. The Hall–Kier alpha value is 1.71. The molecule has 0 aliphatic carbocycles. The topological polar surface area (TPSA) is 52.0 Å². The molecule has 5 heavy (non-hydrogen) atoms. The van der Waals surface area contributed by atoms with Gasteiger partial charge in [-0.15, -0.1) is 0 Å². The number of rotatable bonds is 0. The van der Waals surface area contributed by atoms with E-state index in [1.54, 1.807) is 0 Å². The summed E-state index contributed by atoms with van der Waals surface area (Å²) < 4.78 is 0. The maximum Gasteiger partial charge on any atom is 1.00 e. The molecule has 0 spiro atoms. The Morgan fingerprint density at radius 2 is 0.800 bits per heavy atom.